The normalized spacial score (nSPS) is 21.4. The molecule has 1 aromatic heterocycles. The van der Waals surface area contributed by atoms with Crippen molar-refractivity contribution in [3.8, 4) is 5.88 Å². The zero-order valence-electron chi connectivity index (χ0n) is 8.45. The van der Waals surface area contributed by atoms with Gasteiger partial charge < -0.3 is 4.74 Å². The lowest BCUT2D eigenvalue weighted by Crippen LogP contribution is -2.23. The molecule has 0 saturated heterocycles. The molecule has 0 unspecified atom stereocenters. The van der Waals surface area contributed by atoms with Gasteiger partial charge in [0.25, 0.3) is 0 Å². The Hall–Kier alpha value is -0.990. The quantitative estimate of drug-likeness (QED) is 0.661. The molecule has 0 bridgehead atoms. The minimum absolute atomic E-state index is 0.497. The van der Waals surface area contributed by atoms with Crippen LogP contribution in [0.4, 0.5) is 0 Å². The lowest BCUT2D eigenvalue weighted by molar-refractivity contribution is 0.173. The monoisotopic (exact) mass is 180 g/mol. The molecule has 0 spiro atoms. The molecule has 0 radical (unpaired) electrons. The molecular formula is C10H16N2O. The molecule has 3 nitrogen and oxygen atoms in total. The topological polar surface area (TPSA) is 27.1 Å². The van der Waals surface area contributed by atoms with Crippen LogP contribution in [0.5, 0.6) is 5.88 Å². The number of aromatic nitrogens is 2. The minimum atomic E-state index is 0.497. The van der Waals surface area contributed by atoms with Crippen molar-refractivity contribution < 1.29 is 4.74 Å². The van der Waals surface area contributed by atoms with Crippen molar-refractivity contribution in [1.29, 1.82) is 0 Å². The van der Waals surface area contributed by atoms with Crippen molar-refractivity contribution in [2.75, 3.05) is 6.61 Å². The maximum absolute atomic E-state index is 5.67. The van der Waals surface area contributed by atoms with E-state index >= 15 is 0 Å². The first-order chi connectivity index (χ1) is 6.18. The Morgan fingerprint density at radius 3 is 3.08 bits per heavy atom. The summed E-state index contributed by atoms with van der Waals surface area (Å²) in [5.41, 5.74) is 1.23. The van der Waals surface area contributed by atoms with Gasteiger partial charge in [0.1, 0.15) is 0 Å². The number of hydrogen-bond acceptors (Lipinski definition) is 2. The highest BCUT2D eigenvalue weighted by atomic mass is 16.5. The van der Waals surface area contributed by atoms with E-state index in [0.717, 1.165) is 19.0 Å². The van der Waals surface area contributed by atoms with Crippen LogP contribution >= 0.6 is 0 Å². The second-order valence-corrected chi connectivity index (χ2v) is 4.16. The fraction of sp³-hybridized carbons (Fsp3) is 0.700. The Morgan fingerprint density at radius 1 is 1.62 bits per heavy atom. The van der Waals surface area contributed by atoms with Gasteiger partial charge in [-0.2, -0.15) is 5.10 Å². The first-order valence-electron chi connectivity index (χ1n) is 4.87. The number of rotatable bonds is 1. The lowest BCUT2D eigenvalue weighted by Gasteiger charge is -2.22. The standard InChI is InChI=1S/C10H16N2O/c1-7(2)9-4-11-12-5-8(3)6-13-10(9)12/h4,7-8H,5-6H2,1-3H3/t8-/m0/s1. The first kappa shape index (κ1) is 8.60. The fourth-order valence-electron chi connectivity index (χ4n) is 1.64. The molecule has 0 aromatic carbocycles. The second-order valence-electron chi connectivity index (χ2n) is 4.16. The van der Waals surface area contributed by atoms with Gasteiger partial charge in [0, 0.05) is 11.5 Å². The zero-order valence-corrected chi connectivity index (χ0v) is 8.45. The zero-order chi connectivity index (χ0) is 9.42. The minimum Gasteiger partial charge on any atom is -0.477 e. The highest BCUT2D eigenvalue weighted by Gasteiger charge is 2.21. The van der Waals surface area contributed by atoms with Crippen molar-refractivity contribution in [3.63, 3.8) is 0 Å². The van der Waals surface area contributed by atoms with E-state index in [1.165, 1.54) is 5.56 Å². The Labute approximate surface area is 78.7 Å². The van der Waals surface area contributed by atoms with Crippen molar-refractivity contribution in [1.82, 2.24) is 9.78 Å². The van der Waals surface area contributed by atoms with Crippen LogP contribution in [-0.4, -0.2) is 16.4 Å². The molecule has 72 valence electrons. The summed E-state index contributed by atoms with van der Waals surface area (Å²) in [6.45, 7) is 8.33. The Bertz CT molecular complexity index is 304. The van der Waals surface area contributed by atoms with Gasteiger partial charge in [-0.3, -0.25) is 0 Å². The number of hydrogen-bond donors (Lipinski definition) is 0. The molecule has 1 aliphatic rings. The van der Waals surface area contributed by atoms with E-state index < -0.39 is 0 Å². The van der Waals surface area contributed by atoms with Crippen LogP contribution in [0.1, 0.15) is 32.3 Å². The van der Waals surface area contributed by atoms with E-state index in [9.17, 15) is 0 Å². The summed E-state index contributed by atoms with van der Waals surface area (Å²) in [6.07, 6.45) is 1.93. The van der Waals surface area contributed by atoms with Gasteiger partial charge in [-0.25, -0.2) is 4.68 Å². The van der Waals surface area contributed by atoms with Crippen LogP contribution in [0.2, 0.25) is 0 Å². The second kappa shape index (κ2) is 3.05. The Balaban J connectivity index is 2.33. The Kier molecular flexibility index (Phi) is 2.02. The average Bonchev–Trinajstić information content (AvgIpc) is 2.46. The molecule has 2 rings (SSSR count). The van der Waals surface area contributed by atoms with E-state index in [-0.39, 0.29) is 0 Å². The van der Waals surface area contributed by atoms with Crippen LogP contribution in [0.15, 0.2) is 6.20 Å². The SMILES string of the molecule is CC(C)c1cnn2c1OC[C@@H](C)C2. The van der Waals surface area contributed by atoms with Crippen molar-refractivity contribution in [3.05, 3.63) is 11.8 Å². The molecule has 1 atom stereocenters. The van der Waals surface area contributed by atoms with E-state index in [2.05, 4.69) is 25.9 Å². The number of nitrogens with zero attached hydrogens (tertiary/aromatic N) is 2. The molecule has 3 heteroatoms. The highest BCUT2D eigenvalue weighted by molar-refractivity contribution is 5.28. The summed E-state index contributed by atoms with van der Waals surface area (Å²) < 4.78 is 7.64. The van der Waals surface area contributed by atoms with Crippen LogP contribution in [-0.2, 0) is 6.54 Å². The largest absolute Gasteiger partial charge is 0.477 e. The molecule has 2 heterocycles. The van der Waals surface area contributed by atoms with Crippen LogP contribution in [0, 0.1) is 5.92 Å². The van der Waals surface area contributed by atoms with Crippen LogP contribution in [0.3, 0.4) is 0 Å². The number of fused-ring (bicyclic) bond motifs is 1. The molecule has 1 aliphatic heterocycles. The number of ether oxygens (including phenoxy) is 1. The van der Waals surface area contributed by atoms with Crippen molar-refractivity contribution >= 4 is 0 Å². The maximum atomic E-state index is 5.67. The maximum Gasteiger partial charge on any atom is 0.215 e. The first-order valence-corrected chi connectivity index (χ1v) is 4.87. The third-order valence-corrected chi connectivity index (χ3v) is 2.43. The molecule has 1 aromatic rings. The molecule has 0 saturated carbocycles. The predicted molar refractivity (Wildman–Crippen MR) is 51.0 cm³/mol. The molecule has 0 N–H and O–H groups in total. The van der Waals surface area contributed by atoms with Gasteiger partial charge in [-0.05, 0) is 5.92 Å². The molecule has 0 fully saturated rings. The van der Waals surface area contributed by atoms with E-state index in [1.807, 2.05) is 10.9 Å². The van der Waals surface area contributed by atoms with Crippen LogP contribution < -0.4 is 4.74 Å². The van der Waals surface area contributed by atoms with Crippen molar-refractivity contribution in [2.24, 2.45) is 5.92 Å². The summed E-state index contributed by atoms with van der Waals surface area (Å²) in [7, 11) is 0. The summed E-state index contributed by atoms with van der Waals surface area (Å²) in [5, 5.41) is 4.32. The summed E-state index contributed by atoms with van der Waals surface area (Å²) >= 11 is 0. The third kappa shape index (κ3) is 1.43. The fourth-order valence-corrected chi connectivity index (χ4v) is 1.64. The van der Waals surface area contributed by atoms with E-state index in [0.29, 0.717) is 11.8 Å². The lowest BCUT2D eigenvalue weighted by atomic mass is 10.1. The van der Waals surface area contributed by atoms with Gasteiger partial charge in [-0.1, -0.05) is 20.8 Å². The van der Waals surface area contributed by atoms with Gasteiger partial charge in [0.05, 0.1) is 19.3 Å². The molecule has 0 aliphatic carbocycles. The van der Waals surface area contributed by atoms with E-state index in [4.69, 9.17) is 4.74 Å². The van der Waals surface area contributed by atoms with Gasteiger partial charge in [0.15, 0.2) is 0 Å². The predicted octanol–water partition coefficient (Wildman–Crippen LogP) is 2.04. The third-order valence-electron chi connectivity index (χ3n) is 2.43. The smallest absolute Gasteiger partial charge is 0.215 e. The summed E-state index contributed by atoms with van der Waals surface area (Å²) in [4.78, 5) is 0. The summed E-state index contributed by atoms with van der Waals surface area (Å²) in [5.74, 6) is 2.05. The molecular weight excluding hydrogens is 164 g/mol. The Morgan fingerprint density at radius 2 is 2.38 bits per heavy atom. The van der Waals surface area contributed by atoms with Gasteiger partial charge in [-0.15, -0.1) is 0 Å². The average molecular weight is 180 g/mol. The molecule has 13 heavy (non-hydrogen) atoms. The van der Waals surface area contributed by atoms with Gasteiger partial charge >= 0.3 is 0 Å². The van der Waals surface area contributed by atoms with E-state index in [1.54, 1.807) is 0 Å². The highest BCUT2D eigenvalue weighted by Crippen LogP contribution is 2.29. The van der Waals surface area contributed by atoms with Gasteiger partial charge in [0.2, 0.25) is 5.88 Å². The molecule has 0 amide bonds. The van der Waals surface area contributed by atoms with Crippen molar-refractivity contribution in [2.45, 2.75) is 33.2 Å². The summed E-state index contributed by atoms with van der Waals surface area (Å²) in [6, 6.07) is 0. The van der Waals surface area contributed by atoms with Crippen LogP contribution in [0.25, 0.3) is 0 Å².